The van der Waals surface area contributed by atoms with E-state index < -0.39 is 22.3 Å². The van der Waals surface area contributed by atoms with Gasteiger partial charge in [0.2, 0.25) is 5.91 Å². The number of halogens is 1. The van der Waals surface area contributed by atoms with Gasteiger partial charge < -0.3 is 14.8 Å². The summed E-state index contributed by atoms with van der Waals surface area (Å²) in [5.74, 6) is -0.0482. The molecule has 0 spiro atoms. The van der Waals surface area contributed by atoms with Gasteiger partial charge in [0, 0.05) is 12.6 Å². The molecule has 0 aliphatic heterocycles. The summed E-state index contributed by atoms with van der Waals surface area (Å²) in [5.41, 5.74) is 0.517. The van der Waals surface area contributed by atoms with Crippen LogP contribution in [0.1, 0.15) is 11.1 Å². The topological polar surface area (TPSA) is 90.7 Å². The van der Waals surface area contributed by atoms with Crippen molar-refractivity contribution in [3.8, 4) is 11.5 Å². The lowest BCUT2D eigenvalue weighted by atomic mass is 10.1. The van der Waals surface area contributed by atoms with Crippen molar-refractivity contribution in [3.63, 3.8) is 0 Å². The molecule has 2 aromatic rings. The fourth-order valence-corrected chi connectivity index (χ4v) is 2.22. The molecular weight excluding hydrogens is 343 g/mol. The predicted molar refractivity (Wildman–Crippen MR) is 93.5 cm³/mol. The highest BCUT2D eigenvalue weighted by Gasteiger charge is 2.13. The van der Waals surface area contributed by atoms with Gasteiger partial charge in [0.15, 0.2) is 11.5 Å². The number of carbonyl (C=O) groups excluding carboxylic acids is 1. The Bertz CT molecular complexity index is 851. The number of ether oxygens (including phenoxy) is 2. The minimum Gasteiger partial charge on any atom is -0.493 e. The first-order chi connectivity index (χ1) is 12.4. The maximum absolute atomic E-state index is 13.1. The summed E-state index contributed by atoms with van der Waals surface area (Å²) in [5, 5.41) is 13.6. The Hall–Kier alpha value is -3.42. The van der Waals surface area contributed by atoms with E-state index >= 15 is 0 Å². The Labute approximate surface area is 149 Å². The summed E-state index contributed by atoms with van der Waals surface area (Å²) in [6, 6.07) is 8.36. The van der Waals surface area contributed by atoms with Crippen LogP contribution in [0.3, 0.4) is 0 Å². The number of nitrogens with zero attached hydrogens (tertiary/aromatic N) is 1. The van der Waals surface area contributed by atoms with Crippen molar-refractivity contribution in [3.05, 3.63) is 69.5 Å². The number of hydrogen-bond donors (Lipinski definition) is 1. The van der Waals surface area contributed by atoms with Crippen molar-refractivity contribution in [2.75, 3.05) is 14.2 Å². The molecule has 0 saturated carbocycles. The molecule has 8 heteroatoms. The van der Waals surface area contributed by atoms with Gasteiger partial charge in [-0.2, -0.15) is 0 Å². The maximum Gasteiger partial charge on any atom is 0.279 e. The molecule has 1 N–H and O–H groups in total. The molecule has 0 fully saturated rings. The number of hydrogen-bond acceptors (Lipinski definition) is 5. The molecule has 1 amide bonds. The fraction of sp³-hybridized carbons (Fsp3) is 0.167. The summed E-state index contributed by atoms with van der Waals surface area (Å²) in [7, 11) is 3.04. The number of carbonyl (C=O) groups is 1. The molecule has 0 heterocycles. The number of methoxy groups -OCH3 is 2. The Balaban J connectivity index is 2.03. The van der Waals surface area contributed by atoms with Crippen LogP contribution in [0.4, 0.5) is 10.1 Å². The molecule has 0 aliphatic carbocycles. The first kappa shape index (κ1) is 18.9. The Morgan fingerprint density at radius 1 is 1.19 bits per heavy atom. The van der Waals surface area contributed by atoms with Crippen LogP contribution in [0.5, 0.6) is 11.5 Å². The second-order valence-corrected chi connectivity index (χ2v) is 5.20. The second-order valence-electron chi connectivity index (χ2n) is 5.20. The van der Waals surface area contributed by atoms with Crippen LogP contribution in [0.2, 0.25) is 0 Å². The van der Waals surface area contributed by atoms with Crippen molar-refractivity contribution < 1.29 is 23.6 Å². The minimum atomic E-state index is -0.716. The molecule has 0 saturated heterocycles. The van der Waals surface area contributed by atoms with Gasteiger partial charge in [0.1, 0.15) is 5.82 Å². The first-order valence-electron chi connectivity index (χ1n) is 7.55. The third-order valence-corrected chi connectivity index (χ3v) is 3.52. The van der Waals surface area contributed by atoms with Gasteiger partial charge in [-0.15, -0.1) is 0 Å². The highest BCUT2D eigenvalue weighted by molar-refractivity contribution is 5.92. The molecular formula is C18H17FN2O5. The molecule has 0 radical (unpaired) electrons. The second kappa shape index (κ2) is 8.61. The number of nitrogens with one attached hydrogen (secondary N) is 1. The summed E-state index contributed by atoms with van der Waals surface area (Å²) in [6.07, 6.45) is 2.42. The molecule has 0 bridgehead atoms. The average Bonchev–Trinajstić information content (AvgIpc) is 2.64. The summed E-state index contributed by atoms with van der Waals surface area (Å²) in [6.45, 7) is 0.231. The Kier molecular flexibility index (Phi) is 6.26. The van der Waals surface area contributed by atoms with Crippen molar-refractivity contribution in [2.45, 2.75) is 6.54 Å². The Morgan fingerprint density at radius 3 is 2.58 bits per heavy atom. The predicted octanol–water partition coefficient (Wildman–Crippen LogP) is 3.08. The molecule has 136 valence electrons. The highest BCUT2D eigenvalue weighted by Crippen LogP contribution is 2.27. The van der Waals surface area contributed by atoms with E-state index in [-0.39, 0.29) is 12.1 Å². The molecule has 7 nitrogen and oxygen atoms in total. The van der Waals surface area contributed by atoms with Crippen LogP contribution in [-0.2, 0) is 11.3 Å². The largest absolute Gasteiger partial charge is 0.493 e. The van der Waals surface area contributed by atoms with Crippen LogP contribution in [-0.4, -0.2) is 25.1 Å². The quantitative estimate of drug-likeness (QED) is 0.465. The van der Waals surface area contributed by atoms with E-state index in [0.717, 1.165) is 23.8 Å². The number of nitro groups is 1. The van der Waals surface area contributed by atoms with Gasteiger partial charge in [0.25, 0.3) is 5.69 Å². The summed E-state index contributed by atoms with van der Waals surface area (Å²) in [4.78, 5) is 22.1. The van der Waals surface area contributed by atoms with Crippen LogP contribution < -0.4 is 14.8 Å². The van der Waals surface area contributed by atoms with Crippen molar-refractivity contribution in [1.29, 1.82) is 0 Å². The third kappa shape index (κ3) is 4.79. The minimum absolute atomic E-state index is 0.137. The third-order valence-electron chi connectivity index (χ3n) is 3.52. The molecule has 2 rings (SSSR count). The smallest absolute Gasteiger partial charge is 0.279 e. The van der Waals surface area contributed by atoms with Crippen molar-refractivity contribution in [2.24, 2.45) is 0 Å². The van der Waals surface area contributed by atoms with Crippen molar-refractivity contribution >= 4 is 17.7 Å². The van der Waals surface area contributed by atoms with E-state index in [9.17, 15) is 19.3 Å². The Morgan fingerprint density at radius 2 is 1.92 bits per heavy atom. The zero-order chi connectivity index (χ0) is 19.1. The van der Waals surface area contributed by atoms with E-state index in [1.54, 1.807) is 18.2 Å². The van der Waals surface area contributed by atoms with Gasteiger partial charge in [-0.3, -0.25) is 14.9 Å². The maximum atomic E-state index is 13.1. The first-order valence-corrected chi connectivity index (χ1v) is 7.55. The van der Waals surface area contributed by atoms with E-state index in [1.165, 1.54) is 26.4 Å². The summed E-state index contributed by atoms with van der Waals surface area (Å²) < 4.78 is 23.4. The zero-order valence-corrected chi connectivity index (χ0v) is 14.2. The van der Waals surface area contributed by atoms with Gasteiger partial charge >= 0.3 is 0 Å². The van der Waals surface area contributed by atoms with E-state index in [2.05, 4.69) is 5.32 Å². The lowest BCUT2D eigenvalue weighted by Crippen LogP contribution is -2.20. The lowest BCUT2D eigenvalue weighted by Gasteiger charge is -2.09. The van der Waals surface area contributed by atoms with Crippen LogP contribution >= 0.6 is 0 Å². The molecule has 0 unspecified atom stereocenters. The standard InChI is InChI=1S/C18H17FN2O5/c1-25-16-7-3-12(9-17(16)26-2)11-20-18(22)8-5-13-4-6-14(19)10-15(13)21(23)24/h3-10H,11H2,1-2H3,(H,20,22). The van der Waals surface area contributed by atoms with E-state index in [1.807, 2.05) is 0 Å². The molecule has 0 atom stereocenters. The van der Waals surface area contributed by atoms with Crippen LogP contribution in [0.25, 0.3) is 6.08 Å². The van der Waals surface area contributed by atoms with E-state index in [0.29, 0.717) is 11.5 Å². The van der Waals surface area contributed by atoms with Gasteiger partial charge in [-0.25, -0.2) is 4.39 Å². The van der Waals surface area contributed by atoms with Crippen LogP contribution in [0.15, 0.2) is 42.5 Å². The molecule has 0 aromatic heterocycles. The monoisotopic (exact) mass is 360 g/mol. The van der Waals surface area contributed by atoms with E-state index in [4.69, 9.17) is 9.47 Å². The number of nitro benzene ring substituents is 1. The lowest BCUT2D eigenvalue weighted by molar-refractivity contribution is -0.385. The number of rotatable bonds is 7. The van der Waals surface area contributed by atoms with Crippen molar-refractivity contribution in [1.82, 2.24) is 5.32 Å². The average molecular weight is 360 g/mol. The van der Waals surface area contributed by atoms with Gasteiger partial charge in [0.05, 0.1) is 30.8 Å². The SMILES string of the molecule is COc1ccc(CNC(=O)C=Cc2ccc(F)cc2[N+](=O)[O-])cc1OC. The zero-order valence-electron chi connectivity index (χ0n) is 14.2. The molecule has 26 heavy (non-hydrogen) atoms. The normalized spacial score (nSPS) is 10.6. The number of benzene rings is 2. The molecule has 0 aliphatic rings. The van der Waals surface area contributed by atoms with Crippen LogP contribution in [0, 0.1) is 15.9 Å². The molecule has 2 aromatic carbocycles. The number of amides is 1. The van der Waals surface area contributed by atoms with Gasteiger partial charge in [-0.05, 0) is 35.9 Å². The highest BCUT2D eigenvalue weighted by atomic mass is 19.1. The summed E-state index contributed by atoms with van der Waals surface area (Å²) >= 11 is 0. The fourth-order valence-electron chi connectivity index (χ4n) is 2.22. The van der Waals surface area contributed by atoms with Gasteiger partial charge in [-0.1, -0.05) is 6.07 Å².